The molecule has 5 rings (SSSR count). The quantitative estimate of drug-likeness (QED) is 0.394. The van der Waals surface area contributed by atoms with Crippen LogP contribution >= 0.6 is 23.2 Å². The van der Waals surface area contributed by atoms with Gasteiger partial charge in [0.2, 0.25) is 5.88 Å². The molecule has 11 nitrogen and oxygen atoms in total. The van der Waals surface area contributed by atoms with Crippen LogP contribution in [0.3, 0.4) is 0 Å². The summed E-state index contributed by atoms with van der Waals surface area (Å²) in [5, 5.41) is 18.4. The number of carbonyl (C=O) groups is 1. The maximum atomic E-state index is 12.3. The highest BCUT2D eigenvalue weighted by Gasteiger charge is 2.25. The summed E-state index contributed by atoms with van der Waals surface area (Å²) in [5.41, 5.74) is 7.32. The Hall–Kier alpha value is -4.35. The van der Waals surface area contributed by atoms with Gasteiger partial charge in [-0.2, -0.15) is 10.1 Å². The molecule has 0 spiro atoms. The lowest BCUT2D eigenvalue weighted by Gasteiger charge is -2.24. The Labute approximate surface area is 201 Å². The number of urea groups is 1. The van der Waals surface area contributed by atoms with E-state index in [1.54, 1.807) is 16.8 Å². The molecule has 0 aliphatic carbocycles. The third kappa shape index (κ3) is 3.83. The fourth-order valence-electron chi connectivity index (χ4n) is 3.22. The molecule has 0 unspecified atom stereocenters. The minimum Gasteiger partial charge on any atom is -0.434 e. The summed E-state index contributed by atoms with van der Waals surface area (Å²) in [6.07, 6.45) is 1.77. The number of hydrogen-bond donors (Lipinski definition) is 3. The number of amides is 2. The number of aromatic amines is 1. The van der Waals surface area contributed by atoms with Crippen LogP contribution in [-0.2, 0) is 0 Å². The molecule has 170 valence electrons. The van der Waals surface area contributed by atoms with E-state index in [2.05, 4.69) is 32.3 Å². The molecule has 0 saturated carbocycles. The van der Waals surface area contributed by atoms with Crippen molar-refractivity contribution in [3.05, 3.63) is 81.3 Å². The number of hydrogen-bond acceptors (Lipinski definition) is 7. The van der Waals surface area contributed by atoms with Crippen LogP contribution in [0.25, 0.3) is 16.8 Å². The van der Waals surface area contributed by atoms with Crippen LogP contribution in [0.15, 0.2) is 70.8 Å². The van der Waals surface area contributed by atoms with Crippen LogP contribution in [-0.4, -0.2) is 31.7 Å². The second kappa shape index (κ2) is 8.21. The van der Waals surface area contributed by atoms with Crippen molar-refractivity contribution in [1.29, 1.82) is 0 Å². The molecule has 13 heteroatoms. The van der Waals surface area contributed by atoms with Gasteiger partial charge in [-0.3, -0.25) is 4.79 Å². The van der Waals surface area contributed by atoms with Crippen LogP contribution in [0, 0.1) is 0 Å². The minimum atomic E-state index is -0.587. The van der Waals surface area contributed by atoms with Crippen molar-refractivity contribution in [3.63, 3.8) is 0 Å². The fraction of sp³-hybridized carbons (Fsp3) is 0. The number of amidine groups is 1. The molecule has 4 N–H and O–H groups in total. The molecule has 4 aromatic rings. The van der Waals surface area contributed by atoms with E-state index < -0.39 is 11.6 Å². The van der Waals surface area contributed by atoms with Crippen molar-refractivity contribution < 1.29 is 9.53 Å². The van der Waals surface area contributed by atoms with E-state index in [4.69, 9.17) is 33.7 Å². The first-order valence-electron chi connectivity index (χ1n) is 9.66. The summed E-state index contributed by atoms with van der Waals surface area (Å²) in [5.74, 6) is 0.103. The summed E-state index contributed by atoms with van der Waals surface area (Å²) >= 11 is 12.9. The van der Waals surface area contributed by atoms with Crippen molar-refractivity contribution in [1.82, 2.24) is 25.1 Å². The average molecular weight is 497 g/mol. The molecule has 3 aromatic heterocycles. The molecule has 34 heavy (non-hydrogen) atoms. The minimum absolute atomic E-state index is 0.0221. The van der Waals surface area contributed by atoms with Gasteiger partial charge in [-0.1, -0.05) is 35.8 Å². The zero-order valence-electron chi connectivity index (χ0n) is 17.1. The third-order valence-corrected chi connectivity index (χ3v) is 5.37. The van der Waals surface area contributed by atoms with Gasteiger partial charge in [-0.05, 0) is 30.3 Å². The standard InChI is InChI=1S/C21H14Cl2N8O3/c1-10-19(24)29-31(21(33)25-10)12-6-14(22)18(15(23)7-12)34-20-13(9-17(32)26-27-20)16-8-11-4-2-3-5-30(11)28-16/h2-9H,1H2,(H2,24,29)(H,25,33)(H,26,32). The number of ether oxygens (including phenoxy) is 1. The predicted molar refractivity (Wildman–Crippen MR) is 127 cm³/mol. The number of rotatable bonds is 4. The normalized spacial score (nSPS) is 13.7. The number of halogens is 2. The number of nitrogens with zero attached hydrogens (tertiary/aromatic N) is 5. The van der Waals surface area contributed by atoms with Crippen LogP contribution in [0.2, 0.25) is 10.0 Å². The van der Waals surface area contributed by atoms with Gasteiger partial charge in [-0.15, -0.1) is 10.2 Å². The van der Waals surface area contributed by atoms with Crippen LogP contribution in [0.4, 0.5) is 10.5 Å². The Balaban J connectivity index is 1.54. The molecule has 1 aliphatic rings. The van der Waals surface area contributed by atoms with Crippen LogP contribution in [0.1, 0.15) is 0 Å². The zero-order chi connectivity index (χ0) is 24.0. The monoisotopic (exact) mass is 496 g/mol. The molecule has 0 radical (unpaired) electrons. The lowest BCUT2D eigenvalue weighted by molar-refractivity contribution is 0.248. The summed E-state index contributed by atoms with van der Waals surface area (Å²) in [6, 6.07) is 10.9. The number of nitrogens with two attached hydrogens (primary N) is 1. The lowest BCUT2D eigenvalue weighted by Crippen LogP contribution is -2.45. The van der Waals surface area contributed by atoms with Gasteiger partial charge in [0.25, 0.3) is 5.56 Å². The second-order valence-corrected chi connectivity index (χ2v) is 7.91. The number of aromatic nitrogens is 4. The molecule has 0 atom stereocenters. The SMILES string of the molecule is C=C1NC(=O)N(c2cc(Cl)c(Oc3n[nH]c(=O)cc3-c3cc4ccccn4n3)c(Cl)c2)N=C1N. The van der Waals surface area contributed by atoms with Gasteiger partial charge in [0.1, 0.15) is 0 Å². The highest BCUT2D eigenvalue weighted by molar-refractivity contribution is 6.37. The molecular weight excluding hydrogens is 483 g/mol. The Morgan fingerprint density at radius 3 is 2.59 bits per heavy atom. The maximum absolute atomic E-state index is 12.3. The number of anilines is 1. The third-order valence-electron chi connectivity index (χ3n) is 4.81. The Morgan fingerprint density at radius 2 is 1.85 bits per heavy atom. The van der Waals surface area contributed by atoms with Gasteiger partial charge in [0, 0.05) is 12.3 Å². The summed E-state index contributed by atoms with van der Waals surface area (Å²) in [7, 11) is 0. The van der Waals surface area contributed by atoms with E-state index in [9.17, 15) is 9.59 Å². The van der Waals surface area contributed by atoms with Crippen molar-refractivity contribution in [2.45, 2.75) is 0 Å². The second-order valence-electron chi connectivity index (χ2n) is 7.10. The van der Waals surface area contributed by atoms with Crippen molar-refractivity contribution >= 4 is 46.3 Å². The largest absolute Gasteiger partial charge is 0.434 e. The number of hydrazone groups is 1. The maximum Gasteiger partial charge on any atom is 0.347 e. The molecule has 0 fully saturated rings. The first kappa shape index (κ1) is 21.5. The van der Waals surface area contributed by atoms with E-state index in [1.165, 1.54) is 18.2 Å². The number of carbonyl (C=O) groups excluding carboxylic acids is 1. The topological polar surface area (TPSA) is 143 Å². The smallest absolute Gasteiger partial charge is 0.347 e. The van der Waals surface area contributed by atoms with E-state index in [-0.39, 0.29) is 38.9 Å². The van der Waals surface area contributed by atoms with Gasteiger partial charge in [0.15, 0.2) is 11.6 Å². The Bertz CT molecular complexity index is 1520. The predicted octanol–water partition coefficient (Wildman–Crippen LogP) is 3.50. The van der Waals surface area contributed by atoms with Crippen molar-refractivity contribution in [2.75, 3.05) is 5.01 Å². The Morgan fingerprint density at radius 1 is 1.09 bits per heavy atom. The van der Waals surface area contributed by atoms with Gasteiger partial charge in [0.05, 0.1) is 38.2 Å². The van der Waals surface area contributed by atoms with Crippen LogP contribution in [0.5, 0.6) is 11.6 Å². The molecule has 1 aromatic carbocycles. The van der Waals surface area contributed by atoms with Gasteiger partial charge >= 0.3 is 6.03 Å². The van der Waals surface area contributed by atoms with E-state index in [0.29, 0.717) is 11.3 Å². The first-order chi connectivity index (χ1) is 16.3. The number of pyridine rings is 1. The van der Waals surface area contributed by atoms with Crippen LogP contribution < -0.4 is 26.4 Å². The molecule has 4 heterocycles. The van der Waals surface area contributed by atoms with E-state index in [1.807, 2.05) is 18.2 Å². The number of fused-ring (bicyclic) bond motifs is 1. The molecule has 0 saturated heterocycles. The number of nitrogens with one attached hydrogen (secondary N) is 2. The molecule has 0 bridgehead atoms. The lowest BCUT2D eigenvalue weighted by atomic mass is 10.2. The highest BCUT2D eigenvalue weighted by Crippen LogP contribution is 2.41. The van der Waals surface area contributed by atoms with Crippen molar-refractivity contribution in [2.24, 2.45) is 10.8 Å². The number of H-pyrrole nitrogens is 1. The average Bonchev–Trinajstić information content (AvgIpc) is 3.23. The highest BCUT2D eigenvalue weighted by atomic mass is 35.5. The molecular formula is C21H14Cl2N8O3. The zero-order valence-corrected chi connectivity index (χ0v) is 18.6. The Kier molecular flexibility index (Phi) is 5.19. The van der Waals surface area contributed by atoms with E-state index >= 15 is 0 Å². The van der Waals surface area contributed by atoms with Gasteiger partial charge < -0.3 is 15.8 Å². The number of benzene rings is 1. The first-order valence-corrected chi connectivity index (χ1v) is 10.4. The van der Waals surface area contributed by atoms with Crippen molar-refractivity contribution in [3.8, 4) is 22.9 Å². The summed E-state index contributed by atoms with van der Waals surface area (Å²) in [6.45, 7) is 3.60. The van der Waals surface area contributed by atoms with Gasteiger partial charge in [-0.25, -0.2) is 14.4 Å². The summed E-state index contributed by atoms with van der Waals surface area (Å²) in [4.78, 5) is 24.3. The fourth-order valence-corrected chi connectivity index (χ4v) is 3.77. The molecule has 2 amide bonds. The molecule has 1 aliphatic heterocycles. The van der Waals surface area contributed by atoms with E-state index in [0.717, 1.165) is 10.5 Å². The summed E-state index contributed by atoms with van der Waals surface area (Å²) < 4.78 is 7.55.